The number of hydrogen-bond acceptors (Lipinski definition) is 6. The highest BCUT2D eigenvalue weighted by Gasteiger charge is 2.34. The zero-order valence-corrected chi connectivity index (χ0v) is 25.4. The predicted molar refractivity (Wildman–Crippen MR) is 159 cm³/mol. The number of amides is 2. The molecule has 0 aromatic heterocycles. The van der Waals surface area contributed by atoms with E-state index in [-0.39, 0.29) is 41.1 Å². The molecular weight excluding hydrogens is 561 g/mol. The quantitative estimate of drug-likeness (QED) is 0.290. The molecule has 0 radical (unpaired) electrons. The SMILES string of the molecule is CC[C@H](C(=O)NCC(C)C)N(Cc1ccc(F)cc1)C(=O)CN(c1ccccc1)S(=O)(=O)c1ccc(OC)c(OC)c1. The fourth-order valence-corrected chi connectivity index (χ4v) is 5.79. The molecule has 0 bridgehead atoms. The van der Waals surface area contributed by atoms with Gasteiger partial charge in [-0.3, -0.25) is 13.9 Å². The van der Waals surface area contributed by atoms with Crippen molar-refractivity contribution in [3.8, 4) is 11.5 Å². The topological polar surface area (TPSA) is 105 Å². The maximum Gasteiger partial charge on any atom is 0.264 e. The van der Waals surface area contributed by atoms with Gasteiger partial charge >= 0.3 is 0 Å². The minimum absolute atomic E-state index is 0.0221. The van der Waals surface area contributed by atoms with Crippen molar-refractivity contribution in [1.82, 2.24) is 10.2 Å². The number of benzene rings is 3. The molecule has 11 heteroatoms. The lowest BCUT2D eigenvalue weighted by Gasteiger charge is -2.33. The Labute approximate surface area is 247 Å². The van der Waals surface area contributed by atoms with Crippen molar-refractivity contribution in [2.75, 3.05) is 31.6 Å². The number of carbonyl (C=O) groups excluding carboxylic acids is 2. The standard InChI is InChI=1S/C31H38FN3O6S/c1-6-27(31(37)33-19-22(2)3)34(20-23-12-14-24(32)15-13-23)30(36)21-35(25-10-8-7-9-11-25)42(38,39)26-16-17-28(40-4)29(18-26)41-5/h7-18,22,27H,6,19-21H2,1-5H3,(H,33,37)/t27-/m1/s1. The zero-order chi connectivity index (χ0) is 30.9. The van der Waals surface area contributed by atoms with Gasteiger partial charge in [-0.15, -0.1) is 0 Å². The molecule has 0 aliphatic rings. The summed E-state index contributed by atoms with van der Waals surface area (Å²) in [5.74, 6) is -0.636. The van der Waals surface area contributed by atoms with Crippen LogP contribution in [-0.2, 0) is 26.2 Å². The van der Waals surface area contributed by atoms with Gasteiger partial charge in [0, 0.05) is 19.2 Å². The highest BCUT2D eigenvalue weighted by Crippen LogP contribution is 2.32. The fourth-order valence-electron chi connectivity index (χ4n) is 4.36. The van der Waals surface area contributed by atoms with Gasteiger partial charge in [0.2, 0.25) is 11.8 Å². The summed E-state index contributed by atoms with van der Waals surface area (Å²) in [5, 5.41) is 2.88. The lowest BCUT2D eigenvalue weighted by Crippen LogP contribution is -2.52. The second kappa shape index (κ2) is 14.7. The molecule has 0 fully saturated rings. The lowest BCUT2D eigenvalue weighted by molar-refractivity contribution is -0.140. The van der Waals surface area contributed by atoms with E-state index in [1.807, 2.05) is 13.8 Å². The first kappa shape index (κ1) is 32.4. The van der Waals surface area contributed by atoms with Crippen LogP contribution in [0.4, 0.5) is 10.1 Å². The number of hydrogen-bond donors (Lipinski definition) is 1. The first-order chi connectivity index (χ1) is 20.0. The van der Waals surface area contributed by atoms with E-state index in [1.165, 1.54) is 61.6 Å². The number of halogens is 1. The molecule has 3 aromatic rings. The number of nitrogens with zero attached hydrogens (tertiary/aromatic N) is 2. The second-order valence-corrected chi connectivity index (χ2v) is 11.9. The summed E-state index contributed by atoms with van der Waals surface area (Å²) < 4.78 is 53.3. The Bertz CT molecular complexity index is 1450. The molecule has 1 atom stereocenters. The Kier molecular flexibility index (Phi) is 11.3. The van der Waals surface area contributed by atoms with Crippen LogP contribution in [0.1, 0.15) is 32.8 Å². The molecule has 0 saturated carbocycles. The molecule has 0 aliphatic heterocycles. The largest absolute Gasteiger partial charge is 0.493 e. The number of rotatable bonds is 14. The van der Waals surface area contributed by atoms with Crippen LogP contribution < -0.4 is 19.1 Å². The zero-order valence-electron chi connectivity index (χ0n) is 24.5. The van der Waals surface area contributed by atoms with Gasteiger partial charge in [0.05, 0.1) is 24.8 Å². The molecule has 0 heterocycles. The van der Waals surface area contributed by atoms with Gasteiger partial charge in [-0.05, 0) is 54.3 Å². The molecule has 0 aliphatic carbocycles. The van der Waals surface area contributed by atoms with Crippen molar-refractivity contribution in [3.05, 3.63) is 84.2 Å². The Hall–Kier alpha value is -4.12. The van der Waals surface area contributed by atoms with E-state index in [0.717, 1.165) is 4.31 Å². The normalized spacial score (nSPS) is 12.0. The fraction of sp³-hybridized carbons (Fsp3) is 0.355. The van der Waals surface area contributed by atoms with E-state index in [4.69, 9.17) is 9.47 Å². The van der Waals surface area contributed by atoms with E-state index in [9.17, 15) is 22.4 Å². The Morgan fingerprint density at radius 2 is 1.57 bits per heavy atom. The van der Waals surface area contributed by atoms with Crippen LogP contribution in [0.2, 0.25) is 0 Å². The molecule has 0 spiro atoms. The van der Waals surface area contributed by atoms with Crippen molar-refractivity contribution in [1.29, 1.82) is 0 Å². The van der Waals surface area contributed by atoms with Crippen molar-refractivity contribution >= 4 is 27.5 Å². The van der Waals surface area contributed by atoms with Crippen molar-refractivity contribution < 1.29 is 31.9 Å². The summed E-state index contributed by atoms with van der Waals surface area (Å²) in [5.41, 5.74) is 0.855. The molecule has 2 amide bonds. The van der Waals surface area contributed by atoms with Crippen LogP contribution >= 0.6 is 0 Å². The number of methoxy groups -OCH3 is 2. The van der Waals surface area contributed by atoms with Gasteiger partial charge in [-0.2, -0.15) is 0 Å². The molecule has 3 aromatic carbocycles. The van der Waals surface area contributed by atoms with Crippen molar-refractivity contribution in [2.45, 2.75) is 44.7 Å². The van der Waals surface area contributed by atoms with Gasteiger partial charge in [0.25, 0.3) is 10.0 Å². The third-order valence-electron chi connectivity index (χ3n) is 6.60. The highest BCUT2D eigenvalue weighted by molar-refractivity contribution is 7.92. The van der Waals surface area contributed by atoms with Gasteiger partial charge in [-0.1, -0.05) is 51.1 Å². The maximum atomic E-state index is 14.1. The number of nitrogens with one attached hydrogen (secondary N) is 1. The molecule has 0 saturated heterocycles. The molecule has 3 rings (SSSR count). The van der Waals surface area contributed by atoms with Gasteiger partial charge in [0.1, 0.15) is 18.4 Å². The number of para-hydroxylation sites is 1. The van der Waals surface area contributed by atoms with Crippen LogP contribution in [-0.4, -0.2) is 58.5 Å². The first-order valence-corrected chi connectivity index (χ1v) is 15.1. The molecule has 226 valence electrons. The van der Waals surface area contributed by atoms with Crippen LogP contribution in [0.25, 0.3) is 0 Å². The van der Waals surface area contributed by atoms with Gasteiger partial charge in [0.15, 0.2) is 11.5 Å². The van der Waals surface area contributed by atoms with E-state index in [1.54, 1.807) is 37.3 Å². The summed E-state index contributed by atoms with van der Waals surface area (Å²) >= 11 is 0. The Balaban J connectivity index is 2.05. The minimum Gasteiger partial charge on any atom is -0.493 e. The molecular formula is C31H38FN3O6S. The average Bonchev–Trinajstić information content (AvgIpc) is 2.99. The summed E-state index contributed by atoms with van der Waals surface area (Å²) in [4.78, 5) is 28.6. The van der Waals surface area contributed by atoms with Crippen LogP contribution in [0.5, 0.6) is 11.5 Å². The first-order valence-electron chi connectivity index (χ1n) is 13.6. The highest BCUT2D eigenvalue weighted by atomic mass is 32.2. The van der Waals surface area contributed by atoms with Crippen LogP contribution in [0.15, 0.2) is 77.7 Å². The average molecular weight is 600 g/mol. The summed E-state index contributed by atoms with van der Waals surface area (Å²) in [6.45, 7) is 5.50. The maximum absolute atomic E-state index is 14.1. The van der Waals surface area contributed by atoms with E-state index in [0.29, 0.717) is 17.9 Å². The van der Waals surface area contributed by atoms with Crippen LogP contribution in [0, 0.1) is 11.7 Å². The van der Waals surface area contributed by atoms with Gasteiger partial charge in [-0.25, -0.2) is 12.8 Å². The van der Waals surface area contributed by atoms with Crippen molar-refractivity contribution in [2.24, 2.45) is 5.92 Å². The molecule has 9 nitrogen and oxygen atoms in total. The predicted octanol–water partition coefficient (Wildman–Crippen LogP) is 4.62. The van der Waals surface area contributed by atoms with Crippen LogP contribution in [0.3, 0.4) is 0 Å². The third-order valence-corrected chi connectivity index (χ3v) is 8.37. The van der Waals surface area contributed by atoms with E-state index >= 15 is 0 Å². The number of anilines is 1. The number of sulfonamides is 1. The Morgan fingerprint density at radius 1 is 0.929 bits per heavy atom. The minimum atomic E-state index is -4.29. The van der Waals surface area contributed by atoms with E-state index < -0.39 is 34.3 Å². The van der Waals surface area contributed by atoms with E-state index in [2.05, 4.69) is 5.32 Å². The summed E-state index contributed by atoms with van der Waals surface area (Å²) in [6, 6.07) is 17.2. The molecule has 0 unspecified atom stereocenters. The van der Waals surface area contributed by atoms with Crippen molar-refractivity contribution in [3.63, 3.8) is 0 Å². The smallest absolute Gasteiger partial charge is 0.264 e. The monoisotopic (exact) mass is 599 g/mol. The molecule has 1 N–H and O–H groups in total. The third kappa shape index (κ3) is 8.00. The lowest BCUT2D eigenvalue weighted by atomic mass is 10.1. The molecule has 42 heavy (non-hydrogen) atoms. The number of ether oxygens (including phenoxy) is 2. The Morgan fingerprint density at radius 3 is 2.14 bits per heavy atom. The second-order valence-electron chi connectivity index (χ2n) is 10.1. The van der Waals surface area contributed by atoms with Gasteiger partial charge < -0.3 is 19.7 Å². The summed E-state index contributed by atoms with van der Waals surface area (Å²) in [7, 11) is -1.45. The summed E-state index contributed by atoms with van der Waals surface area (Å²) in [6.07, 6.45) is 0.282. The number of carbonyl (C=O) groups is 2.